The molecule has 0 radical (unpaired) electrons. The van der Waals surface area contributed by atoms with Crippen LogP contribution in [0, 0.1) is 0 Å². The van der Waals surface area contributed by atoms with Gasteiger partial charge in [-0.05, 0) is 58.4 Å². The van der Waals surface area contributed by atoms with Gasteiger partial charge in [0.25, 0.3) is 0 Å². The standard InChI is InChI=1S/C18H29NO2/c1-6-7-18(20)16-8-10-17(11-9-16)21-13-12-19(14(2)3)15(4)5/h8-11,14-15H,6-7,12-13H2,1-5H3. The van der Waals surface area contributed by atoms with E-state index < -0.39 is 0 Å². The largest absolute Gasteiger partial charge is 0.492 e. The van der Waals surface area contributed by atoms with Crippen molar-refractivity contribution in [1.82, 2.24) is 4.90 Å². The summed E-state index contributed by atoms with van der Waals surface area (Å²) in [6, 6.07) is 8.52. The maximum Gasteiger partial charge on any atom is 0.162 e. The molecule has 0 bridgehead atoms. The summed E-state index contributed by atoms with van der Waals surface area (Å²) in [7, 11) is 0. The first-order valence-corrected chi connectivity index (χ1v) is 7.97. The third kappa shape index (κ3) is 5.88. The van der Waals surface area contributed by atoms with E-state index in [-0.39, 0.29) is 5.78 Å². The van der Waals surface area contributed by atoms with Crippen molar-refractivity contribution >= 4 is 5.78 Å². The van der Waals surface area contributed by atoms with Gasteiger partial charge in [-0.1, -0.05) is 6.92 Å². The predicted molar refractivity (Wildman–Crippen MR) is 88.2 cm³/mol. The van der Waals surface area contributed by atoms with E-state index in [9.17, 15) is 4.79 Å². The number of ether oxygens (including phenoxy) is 1. The van der Waals surface area contributed by atoms with Crippen molar-refractivity contribution in [3.63, 3.8) is 0 Å². The molecule has 0 fully saturated rings. The molecule has 0 aliphatic rings. The fourth-order valence-electron chi connectivity index (χ4n) is 2.49. The van der Waals surface area contributed by atoms with Crippen LogP contribution in [0.25, 0.3) is 0 Å². The number of rotatable bonds is 9. The molecule has 3 heteroatoms. The Kier molecular flexibility index (Phi) is 7.44. The van der Waals surface area contributed by atoms with Crippen LogP contribution in [0.2, 0.25) is 0 Å². The van der Waals surface area contributed by atoms with E-state index in [4.69, 9.17) is 4.74 Å². The molecule has 1 aromatic rings. The Labute approximate surface area is 129 Å². The summed E-state index contributed by atoms with van der Waals surface area (Å²) in [4.78, 5) is 14.2. The molecule has 0 unspecified atom stereocenters. The Morgan fingerprint density at radius 2 is 1.67 bits per heavy atom. The minimum atomic E-state index is 0.204. The second kappa shape index (κ2) is 8.83. The number of hydrogen-bond donors (Lipinski definition) is 0. The number of hydrogen-bond acceptors (Lipinski definition) is 3. The lowest BCUT2D eigenvalue weighted by atomic mass is 10.1. The molecule has 0 spiro atoms. The van der Waals surface area contributed by atoms with Gasteiger partial charge in [0.2, 0.25) is 0 Å². The molecule has 3 nitrogen and oxygen atoms in total. The minimum absolute atomic E-state index is 0.204. The van der Waals surface area contributed by atoms with Gasteiger partial charge in [-0.3, -0.25) is 9.69 Å². The van der Waals surface area contributed by atoms with E-state index in [0.29, 0.717) is 25.1 Å². The molecule has 1 rings (SSSR count). The lowest BCUT2D eigenvalue weighted by Crippen LogP contribution is -2.39. The van der Waals surface area contributed by atoms with Crippen molar-refractivity contribution in [3.05, 3.63) is 29.8 Å². The molecule has 0 saturated carbocycles. The van der Waals surface area contributed by atoms with Crippen molar-refractivity contribution < 1.29 is 9.53 Å². The Morgan fingerprint density at radius 3 is 2.14 bits per heavy atom. The third-order valence-electron chi connectivity index (χ3n) is 3.60. The van der Waals surface area contributed by atoms with Crippen LogP contribution in [-0.4, -0.2) is 35.9 Å². The lowest BCUT2D eigenvalue weighted by molar-refractivity contribution is 0.0981. The van der Waals surface area contributed by atoms with Gasteiger partial charge in [-0.25, -0.2) is 0 Å². The van der Waals surface area contributed by atoms with E-state index in [0.717, 1.165) is 24.3 Å². The van der Waals surface area contributed by atoms with Gasteiger partial charge in [-0.2, -0.15) is 0 Å². The maximum atomic E-state index is 11.8. The van der Waals surface area contributed by atoms with Gasteiger partial charge in [0.1, 0.15) is 12.4 Å². The summed E-state index contributed by atoms with van der Waals surface area (Å²) >= 11 is 0. The van der Waals surface area contributed by atoms with Gasteiger partial charge in [0.15, 0.2) is 5.78 Å². The normalized spacial score (nSPS) is 11.4. The molecule has 118 valence electrons. The molecular weight excluding hydrogens is 262 g/mol. The molecule has 0 heterocycles. The Balaban J connectivity index is 2.47. The van der Waals surface area contributed by atoms with Crippen LogP contribution < -0.4 is 4.74 Å². The highest BCUT2D eigenvalue weighted by atomic mass is 16.5. The summed E-state index contributed by atoms with van der Waals surface area (Å²) in [5, 5.41) is 0. The predicted octanol–water partition coefficient (Wildman–Crippen LogP) is 4.17. The third-order valence-corrected chi connectivity index (χ3v) is 3.60. The van der Waals surface area contributed by atoms with E-state index >= 15 is 0 Å². The summed E-state index contributed by atoms with van der Waals surface area (Å²) < 4.78 is 5.78. The molecule has 0 atom stereocenters. The van der Waals surface area contributed by atoms with Gasteiger partial charge < -0.3 is 4.74 Å². The Hall–Kier alpha value is -1.35. The Morgan fingerprint density at radius 1 is 1.10 bits per heavy atom. The van der Waals surface area contributed by atoms with E-state index in [1.54, 1.807) is 0 Å². The van der Waals surface area contributed by atoms with E-state index in [1.807, 2.05) is 31.2 Å². The van der Waals surface area contributed by atoms with Crippen molar-refractivity contribution in [1.29, 1.82) is 0 Å². The number of ketones is 1. The van der Waals surface area contributed by atoms with Gasteiger partial charge >= 0.3 is 0 Å². The zero-order valence-corrected chi connectivity index (χ0v) is 14.1. The number of nitrogens with zero attached hydrogens (tertiary/aromatic N) is 1. The molecular formula is C18H29NO2. The average Bonchev–Trinajstić information content (AvgIpc) is 2.43. The van der Waals surface area contributed by atoms with Crippen molar-refractivity contribution in [2.75, 3.05) is 13.2 Å². The van der Waals surface area contributed by atoms with E-state index in [1.165, 1.54) is 0 Å². The molecule has 0 saturated heterocycles. The second-order valence-corrected chi connectivity index (χ2v) is 5.97. The van der Waals surface area contributed by atoms with E-state index in [2.05, 4.69) is 32.6 Å². The first-order valence-electron chi connectivity index (χ1n) is 7.97. The van der Waals surface area contributed by atoms with Crippen LogP contribution in [0.1, 0.15) is 57.8 Å². The zero-order chi connectivity index (χ0) is 15.8. The zero-order valence-electron chi connectivity index (χ0n) is 14.1. The summed E-state index contributed by atoms with van der Waals surface area (Å²) in [6.07, 6.45) is 1.50. The molecule has 0 aliphatic heterocycles. The Bertz CT molecular complexity index is 415. The lowest BCUT2D eigenvalue weighted by Gasteiger charge is -2.30. The number of carbonyl (C=O) groups excluding carboxylic acids is 1. The summed E-state index contributed by atoms with van der Waals surface area (Å²) in [6.45, 7) is 12.4. The highest BCUT2D eigenvalue weighted by Crippen LogP contribution is 2.14. The van der Waals surface area contributed by atoms with Crippen LogP contribution in [0.3, 0.4) is 0 Å². The first-order chi connectivity index (χ1) is 9.95. The maximum absolute atomic E-state index is 11.8. The van der Waals surface area contributed by atoms with Crippen LogP contribution in [0.5, 0.6) is 5.75 Å². The van der Waals surface area contributed by atoms with Gasteiger partial charge in [0.05, 0.1) is 0 Å². The molecule has 0 amide bonds. The van der Waals surface area contributed by atoms with Crippen LogP contribution in [0.4, 0.5) is 0 Å². The second-order valence-electron chi connectivity index (χ2n) is 5.97. The molecule has 0 aromatic heterocycles. The topological polar surface area (TPSA) is 29.5 Å². The number of carbonyl (C=O) groups is 1. The van der Waals surface area contributed by atoms with Gasteiger partial charge in [0, 0.05) is 30.6 Å². The van der Waals surface area contributed by atoms with Crippen molar-refractivity contribution in [3.8, 4) is 5.75 Å². The smallest absolute Gasteiger partial charge is 0.162 e. The molecule has 0 aliphatic carbocycles. The highest BCUT2D eigenvalue weighted by Gasteiger charge is 2.12. The highest BCUT2D eigenvalue weighted by molar-refractivity contribution is 5.96. The van der Waals surface area contributed by atoms with Crippen molar-refractivity contribution in [2.45, 2.75) is 59.5 Å². The van der Waals surface area contributed by atoms with Crippen molar-refractivity contribution in [2.24, 2.45) is 0 Å². The minimum Gasteiger partial charge on any atom is -0.492 e. The molecule has 0 N–H and O–H groups in total. The van der Waals surface area contributed by atoms with Gasteiger partial charge in [-0.15, -0.1) is 0 Å². The van der Waals surface area contributed by atoms with Crippen LogP contribution in [0.15, 0.2) is 24.3 Å². The number of Topliss-reactive ketones (excluding diaryl/α,β-unsaturated/α-hetero) is 1. The first kappa shape index (κ1) is 17.7. The monoisotopic (exact) mass is 291 g/mol. The van der Waals surface area contributed by atoms with Crippen LogP contribution in [-0.2, 0) is 0 Å². The molecule has 1 aromatic carbocycles. The van der Waals surface area contributed by atoms with Crippen LogP contribution >= 0.6 is 0 Å². The SMILES string of the molecule is CCCC(=O)c1ccc(OCCN(C(C)C)C(C)C)cc1. The number of benzene rings is 1. The fraction of sp³-hybridized carbons (Fsp3) is 0.611. The molecule has 21 heavy (non-hydrogen) atoms. The summed E-state index contributed by atoms with van der Waals surface area (Å²) in [5.41, 5.74) is 0.773. The quantitative estimate of drug-likeness (QED) is 0.640. The fourth-order valence-corrected chi connectivity index (χ4v) is 2.49. The summed E-state index contributed by atoms with van der Waals surface area (Å²) in [5.74, 6) is 1.03. The average molecular weight is 291 g/mol.